The number of carbonyl (C=O) groups is 2. The van der Waals surface area contributed by atoms with Crippen molar-refractivity contribution in [3.05, 3.63) is 18.1 Å². The van der Waals surface area contributed by atoms with Crippen molar-refractivity contribution in [1.29, 1.82) is 0 Å². The third kappa shape index (κ3) is 7.12. The van der Waals surface area contributed by atoms with Gasteiger partial charge in [-0.3, -0.25) is 10.1 Å². The van der Waals surface area contributed by atoms with Crippen LogP contribution in [0.4, 0.5) is 42.5 Å². The molecule has 0 saturated carbocycles. The van der Waals surface area contributed by atoms with Crippen LogP contribution in [0.5, 0.6) is 0 Å². The molecule has 2 rings (SSSR count). The van der Waals surface area contributed by atoms with Gasteiger partial charge in [0.1, 0.15) is 17.9 Å². The maximum Gasteiger partial charge on any atom is 0.490 e. The van der Waals surface area contributed by atoms with Gasteiger partial charge < -0.3 is 10.1 Å². The number of pyridine rings is 1. The fourth-order valence-electron chi connectivity index (χ4n) is 2.64. The first-order chi connectivity index (χ1) is 15.1. The molecular formula is C18H18F7N5O3. The molecule has 15 heteroatoms. The Balaban J connectivity index is 2.45. The molecular weight excluding hydrogens is 467 g/mol. The van der Waals surface area contributed by atoms with Crippen LogP contribution in [0.15, 0.2) is 12.3 Å². The van der Waals surface area contributed by atoms with Crippen LogP contribution in [-0.4, -0.2) is 51.3 Å². The minimum Gasteiger partial charge on any atom is -0.457 e. The standard InChI is InChI=1S/C18H18F7N5O3/c1-3-4-5-16(2,8-33-14(32)18(23,24)25)30-12-11-10(6-9(19)7-26-11)27-15(28-12)29-13(31)17(20,21)22/h6-7H,3-5,8H2,1-2H3,(H2,27,28,29,30,31)/t16-/m1/s1. The average Bonchev–Trinajstić information content (AvgIpc) is 2.68. The molecule has 2 N–H and O–H groups in total. The number of aromatic nitrogens is 3. The molecule has 1 amide bonds. The van der Waals surface area contributed by atoms with E-state index in [2.05, 4.69) is 25.0 Å². The normalized spacial score (nSPS) is 14.0. The van der Waals surface area contributed by atoms with Crippen molar-refractivity contribution in [2.45, 2.75) is 51.0 Å². The van der Waals surface area contributed by atoms with E-state index in [0.717, 1.165) is 12.3 Å². The Morgan fingerprint density at radius 1 is 1.09 bits per heavy atom. The quantitative estimate of drug-likeness (QED) is 0.428. The predicted molar refractivity (Wildman–Crippen MR) is 101 cm³/mol. The fourth-order valence-corrected chi connectivity index (χ4v) is 2.64. The van der Waals surface area contributed by atoms with Crippen molar-refractivity contribution in [3.63, 3.8) is 0 Å². The summed E-state index contributed by atoms with van der Waals surface area (Å²) in [5.74, 6) is -6.90. The van der Waals surface area contributed by atoms with Gasteiger partial charge in [-0.15, -0.1) is 0 Å². The summed E-state index contributed by atoms with van der Waals surface area (Å²) in [6.45, 7) is 2.39. The molecule has 182 valence electrons. The minimum atomic E-state index is -5.27. The number of esters is 1. The number of anilines is 2. The smallest absolute Gasteiger partial charge is 0.457 e. The van der Waals surface area contributed by atoms with Gasteiger partial charge in [-0.05, 0) is 13.3 Å². The van der Waals surface area contributed by atoms with Gasteiger partial charge in [0.15, 0.2) is 5.82 Å². The van der Waals surface area contributed by atoms with E-state index in [4.69, 9.17) is 0 Å². The highest BCUT2D eigenvalue weighted by atomic mass is 19.4. The van der Waals surface area contributed by atoms with Crippen LogP contribution < -0.4 is 10.6 Å². The Morgan fingerprint density at radius 2 is 1.76 bits per heavy atom. The SMILES string of the molecule is CCCC[C@](C)(COC(=O)C(F)(F)F)Nc1nc(NC(=O)C(F)(F)F)nc2cc(F)cnc12. The Hall–Kier alpha value is -3.26. The van der Waals surface area contributed by atoms with Gasteiger partial charge in [0.05, 0.1) is 17.3 Å². The van der Waals surface area contributed by atoms with Crippen molar-refractivity contribution in [2.24, 2.45) is 0 Å². The number of carbonyl (C=O) groups excluding carboxylic acids is 2. The second-order valence-electron chi connectivity index (χ2n) is 7.23. The highest BCUT2D eigenvalue weighted by Gasteiger charge is 2.42. The second kappa shape index (κ2) is 9.70. The van der Waals surface area contributed by atoms with E-state index in [1.54, 1.807) is 6.92 Å². The summed E-state index contributed by atoms with van der Waals surface area (Å²) >= 11 is 0. The lowest BCUT2D eigenvalue weighted by Gasteiger charge is -2.31. The van der Waals surface area contributed by atoms with Gasteiger partial charge in [0.25, 0.3) is 0 Å². The Kier molecular flexibility index (Phi) is 7.64. The molecule has 33 heavy (non-hydrogen) atoms. The van der Waals surface area contributed by atoms with Gasteiger partial charge in [0.2, 0.25) is 5.95 Å². The molecule has 2 aromatic rings. The monoisotopic (exact) mass is 485 g/mol. The number of halogens is 7. The second-order valence-corrected chi connectivity index (χ2v) is 7.23. The summed E-state index contributed by atoms with van der Waals surface area (Å²) in [6.07, 6.45) is -8.54. The van der Waals surface area contributed by atoms with E-state index in [9.17, 15) is 40.3 Å². The molecule has 0 fully saturated rings. The van der Waals surface area contributed by atoms with Gasteiger partial charge in [-0.1, -0.05) is 19.8 Å². The lowest BCUT2D eigenvalue weighted by atomic mass is 9.95. The molecule has 8 nitrogen and oxygen atoms in total. The maximum atomic E-state index is 13.6. The van der Waals surface area contributed by atoms with Crippen molar-refractivity contribution >= 4 is 34.7 Å². The zero-order valence-corrected chi connectivity index (χ0v) is 17.2. The number of ether oxygens (including phenoxy) is 1. The van der Waals surface area contributed by atoms with E-state index >= 15 is 0 Å². The third-order valence-corrected chi connectivity index (χ3v) is 4.24. The molecule has 0 bridgehead atoms. The summed E-state index contributed by atoms with van der Waals surface area (Å²) < 4.78 is 93.3. The molecule has 0 radical (unpaired) electrons. The fraction of sp³-hybridized carbons (Fsp3) is 0.500. The van der Waals surface area contributed by atoms with Crippen molar-refractivity contribution in [2.75, 3.05) is 17.2 Å². The van der Waals surface area contributed by atoms with E-state index < -0.39 is 48.1 Å². The lowest BCUT2D eigenvalue weighted by molar-refractivity contribution is -0.200. The van der Waals surface area contributed by atoms with E-state index in [1.807, 2.05) is 0 Å². The Morgan fingerprint density at radius 3 is 2.33 bits per heavy atom. The number of hydrogen-bond donors (Lipinski definition) is 2. The van der Waals surface area contributed by atoms with Crippen LogP contribution in [0.25, 0.3) is 11.0 Å². The summed E-state index contributed by atoms with van der Waals surface area (Å²) in [5.41, 5.74) is -1.83. The molecule has 0 aliphatic heterocycles. The Bertz CT molecular complexity index is 1030. The summed E-state index contributed by atoms with van der Waals surface area (Å²) in [6, 6.07) is 0.811. The van der Waals surface area contributed by atoms with E-state index in [0.29, 0.717) is 12.8 Å². The first-order valence-electron chi connectivity index (χ1n) is 9.38. The molecule has 0 spiro atoms. The molecule has 0 aliphatic rings. The number of fused-ring (bicyclic) bond motifs is 1. The molecule has 2 aromatic heterocycles. The molecule has 0 aromatic carbocycles. The number of rotatable bonds is 8. The predicted octanol–water partition coefficient (Wildman–Crippen LogP) is 4.13. The van der Waals surface area contributed by atoms with Crippen molar-refractivity contribution in [3.8, 4) is 0 Å². The summed E-state index contributed by atoms with van der Waals surface area (Å²) in [7, 11) is 0. The van der Waals surface area contributed by atoms with Crippen LogP contribution in [0.1, 0.15) is 33.1 Å². The third-order valence-electron chi connectivity index (χ3n) is 4.24. The summed E-state index contributed by atoms with van der Waals surface area (Å²) in [4.78, 5) is 33.5. The topological polar surface area (TPSA) is 106 Å². The van der Waals surface area contributed by atoms with Gasteiger partial charge in [0, 0.05) is 6.07 Å². The molecule has 0 unspecified atom stereocenters. The number of unbranched alkanes of at least 4 members (excludes halogenated alkanes) is 1. The lowest BCUT2D eigenvalue weighted by Crippen LogP contribution is -2.42. The van der Waals surface area contributed by atoms with E-state index in [1.165, 1.54) is 12.2 Å². The average molecular weight is 485 g/mol. The largest absolute Gasteiger partial charge is 0.490 e. The number of amides is 1. The van der Waals surface area contributed by atoms with Crippen LogP contribution in [0, 0.1) is 5.82 Å². The van der Waals surface area contributed by atoms with Crippen LogP contribution in [0.2, 0.25) is 0 Å². The zero-order chi connectivity index (χ0) is 25.0. The zero-order valence-electron chi connectivity index (χ0n) is 17.2. The molecule has 0 saturated heterocycles. The van der Waals surface area contributed by atoms with E-state index in [-0.39, 0.29) is 23.3 Å². The Labute approximate surface area is 181 Å². The van der Waals surface area contributed by atoms with Crippen LogP contribution >= 0.6 is 0 Å². The van der Waals surface area contributed by atoms with Gasteiger partial charge in [-0.25, -0.2) is 19.2 Å². The molecule has 0 aliphatic carbocycles. The molecule has 2 heterocycles. The molecule has 1 atom stereocenters. The van der Waals surface area contributed by atoms with Crippen molar-refractivity contribution < 1.29 is 45.1 Å². The number of nitrogens with zero attached hydrogens (tertiary/aromatic N) is 3. The number of hydrogen-bond acceptors (Lipinski definition) is 7. The maximum absolute atomic E-state index is 13.6. The first-order valence-corrected chi connectivity index (χ1v) is 9.38. The van der Waals surface area contributed by atoms with Crippen LogP contribution in [0.3, 0.4) is 0 Å². The summed E-state index contributed by atoms with van der Waals surface area (Å²) in [5, 5.41) is 4.12. The van der Waals surface area contributed by atoms with Gasteiger partial charge in [-0.2, -0.15) is 31.3 Å². The minimum absolute atomic E-state index is 0.144. The van der Waals surface area contributed by atoms with Crippen LogP contribution in [-0.2, 0) is 14.3 Å². The number of alkyl halides is 6. The first kappa shape index (κ1) is 26.0. The number of nitrogens with one attached hydrogen (secondary N) is 2. The van der Waals surface area contributed by atoms with Crippen molar-refractivity contribution in [1.82, 2.24) is 15.0 Å². The highest BCUT2D eigenvalue weighted by molar-refractivity contribution is 5.95. The highest BCUT2D eigenvalue weighted by Crippen LogP contribution is 2.28. The van der Waals surface area contributed by atoms with Gasteiger partial charge >= 0.3 is 24.2 Å².